The molecule has 2 aromatic rings. The van der Waals surface area contributed by atoms with Crippen molar-refractivity contribution in [1.82, 2.24) is 9.55 Å². The second kappa shape index (κ2) is 5.33. The van der Waals surface area contributed by atoms with E-state index < -0.39 is 16.0 Å². The van der Waals surface area contributed by atoms with E-state index in [1.54, 1.807) is 13.1 Å². The average molecular weight is 295 g/mol. The van der Waals surface area contributed by atoms with Gasteiger partial charge in [-0.2, -0.15) is 8.42 Å². The minimum Gasteiger partial charge on any atom is -0.465 e. The predicted molar refractivity (Wildman–Crippen MR) is 71.8 cm³/mol. The Morgan fingerprint density at radius 3 is 2.75 bits per heavy atom. The van der Waals surface area contributed by atoms with Gasteiger partial charge in [-0.3, -0.25) is 4.72 Å². The maximum Gasteiger partial charge on any atom is 0.337 e. The number of rotatable bonds is 4. The molecule has 1 heterocycles. The molecule has 1 aromatic heterocycles. The van der Waals surface area contributed by atoms with Gasteiger partial charge < -0.3 is 9.30 Å². The molecule has 0 spiro atoms. The zero-order chi connectivity index (χ0) is 14.8. The number of carbonyl (C=O) groups is 1. The van der Waals surface area contributed by atoms with Crippen molar-refractivity contribution in [3.05, 3.63) is 42.4 Å². The van der Waals surface area contributed by atoms with Gasteiger partial charge in [0.15, 0.2) is 5.03 Å². The van der Waals surface area contributed by atoms with Gasteiger partial charge in [0.2, 0.25) is 0 Å². The summed E-state index contributed by atoms with van der Waals surface area (Å²) < 4.78 is 32.6. The van der Waals surface area contributed by atoms with Crippen LogP contribution in [0.4, 0.5) is 5.69 Å². The number of methoxy groups -OCH3 is 1. The van der Waals surface area contributed by atoms with Crippen molar-refractivity contribution < 1.29 is 17.9 Å². The first-order valence-electron chi connectivity index (χ1n) is 5.61. The van der Waals surface area contributed by atoms with Gasteiger partial charge in [-0.1, -0.05) is 6.07 Å². The Hall–Kier alpha value is -2.35. The fourth-order valence-electron chi connectivity index (χ4n) is 1.56. The number of esters is 1. The molecule has 0 amide bonds. The van der Waals surface area contributed by atoms with Gasteiger partial charge in [-0.05, 0) is 18.2 Å². The van der Waals surface area contributed by atoms with E-state index in [1.807, 2.05) is 0 Å². The molecule has 2 rings (SSSR count). The van der Waals surface area contributed by atoms with Crippen molar-refractivity contribution in [1.29, 1.82) is 0 Å². The third-order valence-electron chi connectivity index (χ3n) is 2.49. The summed E-state index contributed by atoms with van der Waals surface area (Å²) in [5.74, 6) is -0.538. The minimum absolute atomic E-state index is 0.0940. The van der Waals surface area contributed by atoms with Crippen molar-refractivity contribution in [2.45, 2.75) is 5.03 Å². The molecule has 0 fully saturated rings. The maximum absolute atomic E-state index is 12.1. The number of carbonyl (C=O) groups excluding carboxylic acids is 1. The number of hydrogen-bond acceptors (Lipinski definition) is 5. The van der Waals surface area contributed by atoms with Crippen LogP contribution in [0.15, 0.2) is 41.8 Å². The van der Waals surface area contributed by atoms with Gasteiger partial charge in [0.25, 0.3) is 10.0 Å². The van der Waals surface area contributed by atoms with Gasteiger partial charge in [0.1, 0.15) is 0 Å². The maximum atomic E-state index is 12.1. The molecular formula is C12H13N3O4S. The smallest absolute Gasteiger partial charge is 0.337 e. The van der Waals surface area contributed by atoms with Crippen LogP contribution in [-0.4, -0.2) is 31.0 Å². The summed E-state index contributed by atoms with van der Waals surface area (Å²) >= 11 is 0. The van der Waals surface area contributed by atoms with Crippen molar-refractivity contribution in [2.75, 3.05) is 11.8 Å². The lowest BCUT2D eigenvalue weighted by molar-refractivity contribution is 0.0601. The zero-order valence-electron chi connectivity index (χ0n) is 10.9. The van der Waals surface area contributed by atoms with Gasteiger partial charge >= 0.3 is 5.97 Å². The second-order valence-corrected chi connectivity index (χ2v) is 5.68. The number of aromatic nitrogens is 2. The van der Waals surface area contributed by atoms with E-state index in [4.69, 9.17) is 0 Å². The van der Waals surface area contributed by atoms with Crippen LogP contribution in [0.1, 0.15) is 10.4 Å². The van der Waals surface area contributed by atoms with Crippen LogP contribution in [0.5, 0.6) is 0 Å². The van der Waals surface area contributed by atoms with Gasteiger partial charge in [0, 0.05) is 18.9 Å². The van der Waals surface area contributed by atoms with Crippen molar-refractivity contribution in [2.24, 2.45) is 7.05 Å². The number of nitrogens with one attached hydrogen (secondary N) is 1. The minimum atomic E-state index is -3.78. The van der Waals surface area contributed by atoms with Crippen LogP contribution >= 0.6 is 0 Å². The van der Waals surface area contributed by atoms with Crippen LogP contribution < -0.4 is 4.72 Å². The molecule has 0 radical (unpaired) electrons. The largest absolute Gasteiger partial charge is 0.465 e. The molecule has 0 atom stereocenters. The van der Waals surface area contributed by atoms with Gasteiger partial charge in [-0.25, -0.2) is 9.78 Å². The average Bonchev–Trinajstić information content (AvgIpc) is 2.85. The van der Waals surface area contributed by atoms with Crippen LogP contribution in [0.2, 0.25) is 0 Å². The first kappa shape index (κ1) is 14.1. The van der Waals surface area contributed by atoms with E-state index in [-0.39, 0.29) is 16.3 Å². The summed E-state index contributed by atoms with van der Waals surface area (Å²) in [4.78, 5) is 15.2. The number of hydrogen-bond donors (Lipinski definition) is 1. The van der Waals surface area contributed by atoms with E-state index in [0.717, 1.165) is 0 Å². The number of aryl methyl sites for hydroxylation is 1. The van der Waals surface area contributed by atoms with E-state index >= 15 is 0 Å². The summed E-state index contributed by atoms with van der Waals surface area (Å²) in [5, 5.41) is -0.0940. The lowest BCUT2D eigenvalue weighted by atomic mass is 10.2. The Balaban J connectivity index is 2.28. The fourth-order valence-corrected chi connectivity index (χ4v) is 2.60. The number of nitrogens with zero attached hydrogens (tertiary/aromatic N) is 2. The Bertz CT molecular complexity index is 737. The summed E-state index contributed by atoms with van der Waals surface area (Å²) in [6.45, 7) is 0. The van der Waals surface area contributed by atoms with E-state index in [2.05, 4.69) is 14.4 Å². The lowest BCUT2D eigenvalue weighted by Gasteiger charge is -2.07. The van der Waals surface area contributed by atoms with Crippen LogP contribution in [0.3, 0.4) is 0 Å². The summed E-state index contributed by atoms with van der Waals surface area (Å²) in [6.07, 6.45) is 2.77. The monoisotopic (exact) mass is 295 g/mol. The lowest BCUT2D eigenvalue weighted by Crippen LogP contribution is -2.14. The van der Waals surface area contributed by atoms with E-state index in [1.165, 1.54) is 42.4 Å². The van der Waals surface area contributed by atoms with E-state index in [0.29, 0.717) is 0 Å². The Morgan fingerprint density at radius 1 is 1.40 bits per heavy atom. The van der Waals surface area contributed by atoms with Crippen LogP contribution in [-0.2, 0) is 21.8 Å². The third-order valence-corrected chi connectivity index (χ3v) is 3.76. The molecule has 0 aliphatic carbocycles. The quantitative estimate of drug-likeness (QED) is 0.850. The molecule has 0 aliphatic heterocycles. The van der Waals surface area contributed by atoms with Crippen molar-refractivity contribution >= 4 is 21.7 Å². The molecule has 1 aromatic carbocycles. The number of anilines is 1. The molecule has 0 bridgehead atoms. The molecule has 20 heavy (non-hydrogen) atoms. The van der Waals surface area contributed by atoms with Crippen molar-refractivity contribution in [3.8, 4) is 0 Å². The molecule has 106 valence electrons. The standard InChI is InChI=1S/C12H13N3O4S/c1-15-7-11(13-8-15)20(17,18)14-10-5-3-4-9(6-10)12(16)19-2/h3-8,14H,1-2H3. The Kier molecular flexibility index (Phi) is 3.75. The topological polar surface area (TPSA) is 90.3 Å². The highest BCUT2D eigenvalue weighted by atomic mass is 32.2. The molecule has 0 saturated heterocycles. The molecule has 7 nitrogen and oxygen atoms in total. The Labute approximate surface area is 116 Å². The number of benzene rings is 1. The third kappa shape index (κ3) is 2.97. The SMILES string of the molecule is COC(=O)c1cccc(NS(=O)(=O)c2cn(C)cn2)c1. The summed E-state index contributed by atoms with van der Waals surface area (Å²) in [5.41, 5.74) is 0.521. The number of imidazole rings is 1. The highest BCUT2D eigenvalue weighted by Crippen LogP contribution is 2.16. The zero-order valence-corrected chi connectivity index (χ0v) is 11.7. The molecular weight excluding hydrogens is 282 g/mol. The molecule has 0 aliphatic rings. The normalized spacial score (nSPS) is 11.1. The number of ether oxygens (including phenoxy) is 1. The highest BCUT2D eigenvalue weighted by molar-refractivity contribution is 7.92. The van der Waals surface area contributed by atoms with E-state index in [9.17, 15) is 13.2 Å². The van der Waals surface area contributed by atoms with Gasteiger partial charge in [0.05, 0.1) is 19.0 Å². The van der Waals surface area contributed by atoms with Crippen molar-refractivity contribution in [3.63, 3.8) is 0 Å². The highest BCUT2D eigenvalue weighted by Gasteiger charge is 2.17. The first-order valence-corrected chi connectivity index (χ1v) is 7.10. The van der Waals surface area contributed by atoms with Crippen LogP contribution in [0.25, 0.3) is 0 Å². The first-order chi connectivity index (χ1) is 9.42. The molecule has 1 N–H and O–H groups in total. The summed E-state index contributed by atoms with van der Waals surface area (Å²) in [6, 6.07) is 6.02. The Morgan fingerprint density at radius 2 is 2.15 bits per heavy atom. The second-order valence-electron chi connectivity index (χ2n) is 4.06. The molecule has 0 saturated carbocycles. The summed E-state index contributed by atoms with van der Waals surface area (Å²) in [7, 11) is -0.848. The van der Waals surface area contributed by atoms with Gasteiger partial charge in [-0.15, -0.1) is 0 Å². The van der Waals surface area contributed by atoms with Crippen LogP contribution in [0, 0.1) is 0 Å². The number of sulfonamides is 1. The fraction of sp³-hybridized carbons (Fsp3) is 0.167. The molecule has 8 heteroatoms. The predicted octanol–water partition coefficient (Wildman–Crippen LogP) is 1.01. The molecule has 0 unspecified atom stereocenters.